The molecule has 1 aromatic rings. The summed E-state index contributed by atoms with van der Waals surface area (Å²) in [5.74, 6) is -1.03. The maximum Gasteiger partial charge on any atom is 0.337 e. The zero-order chi connectivity index (χ0) is 14.9. The zero-order valence-electron chi connectivity index (χ0n) is 11.6. The first-order valence-electron chi connectivity index (χ1n) is 6.65. The van der Waals surface area contributed by atoms with Crippen molar-refractivity contribution in [3.8, 4) is 0 Å². The molecule has 5 nitrogen and oxygen atoms in total. The summed E-state index contributed by atoms with van der Waals surface area (Å²) in [5, 5.41) is 20.8. The summed E-state index contributed by atoms with van der Waals surface area (Å²) in [4.78, 5) is 24.6. The Kier molecular flexibility index (Phi) is 4.15. The summed E-state index contributed by atoms with van der Waals surface area (Å²) in [6.07, 6.45) is 3.13. The number of amides is 1. The molecule has 0 saturated heterocycles. The van der Waals surface area contributed by atoms with Crippen LogP contribution in [0.5, 0.6) is 0 Å². The monoisotopic (exact) mass is 297 g/mol. The number of carboxylic acid groups (broad SMARTS) is 1. The standard InChI is InChI=1S/C14H19NO4S/c1-8-3-4-10-9(5-8)6-11(20-10)12(16)15-7-14(2,19)13(17)18/h6,8,19H,3-5,7H2,1-2H3,(H,15,16)(H,17,18). The number of carbonyl (C=O) groups excluding carboxylic acids is 1. The maximum absolute atomic E-state index is 12.0. The van der Waals surface area contributed by atoms with Crippen LogP contribution in [0, 0.1) is 5.92 Å². The highest BCUT2D eigenvalue weighted by Crippen LogP contribution is 2.32. The average molecular weight is 297 g/mol. The second-order valence-electron chi connectivity index (χ2n) is 5.67. The molecule has 0 aromatic carbocycles. The van der Waals surface area contributed by atoms with Crippen molar-refractivity contribution in [2.45, 2.75) is 38.7 Å². The minimum absolute atomic E-state index is 0.305. The van der Waals surface area contributed by atoms with Gasteiger partial charge in [0, 0.05) is 4.88 Å². The molecule has 1 amide bonds. The quantitative estimate of drug-likeness (QED) is 0.785. The molecule has 1 aromatic heterocycles. The number of nitrogens with one attached hydrogen (secondary N) is 1. The van der Waals surface area contributed by atoms with Crippen molar-refractivity contribution in [3.63, 3.8) is 0 Å². The molecule has 1 aliphatic carbocycles. The van der Waals surface area contributed by atoms with Gasteiger partial charge in [0.15, 0.2) is 5.60 Å². The molecule has 0 saturated carbocycles. The van der Waals surface area contributed by atoms with E-state index in [0.717, 1.165) is 26.2 Å². The zero-order valence-corrected chi connectivity index (χ0v) is 12.4. The number of hydrogen-bond donors (Lipinski definition) is 3. The number of aliphatic carboxylic acids is 1. The van der Waals surface area contributed by atoms with E-state index in [1.807, 2.05) is 6.07 Å². The van der Waals surface area contributed by atoms with Crippen molar-refractivity contribution in [3.05, 3.63) is 21.4 Å². The summed E-state index contributed by atoms with van der Waals surface area (Å²) in [6.45, 7) is 3.06. The van der Waals surface area contributed by atoms with E-state index in [1.54, 1.807) is 0 Å². The van der Waals surface area contributed by atoms with Crippen molar-refractivity contribution >= 4 is 23.2 Å². The highest BCUT2D eigenvalue weighted by molar-refractivity contribution is 7.14. The highest BCUT2D eigenvalue weighted by atomic mass is 32.1. The van der Waals surface area contributed by atoms with Crippen molar-refractivity contribution in [1.82, 2.24) is 5.32 Å². The number of fused-ring (bicyclic) bond motifs is 1. The van der Waals surface area contributed by atoms with Gasteiger partial charge in [0.1, 0.15) is 0 Å². The SMILES string of the molecule is CC1CCc2sc(C(=O)NCC(C)(O)C(=O)O)cc2C1. The minimum Gasteiger partial charge on any atom is -0.479 e. The van der Waals surface area contributed by atoms with Crippen molar-refractivity contribution in [2.24, 2.45) is 5.92 Å². The van der Waals surface area contributed by atoms with Crippen LogP contribution in [0.2, 0.25) is 0 Å². The number of carboxylic acids is 1. The van der Waals surface area contributed by atoms with Gasteiger partial charge >= 0.3 is 5.97 Å². The largest absolute Gasteiger partial charge is 0.479 e. The molecule has 110 valence electrons. The van der Waals surface area contributed by atoms with Crippen LogP contribution < -0.4 is 5.32 Å². The van der Waals surface area contributed by atoms with E-state index in [4.69, 9.17) is 5.11 Å². The molecule has 0 bridgehead atoms. The van der Waals surface area contributed by atoms with Crippen LogP contribution in [0.15, 0.2) is 6.07 Å². The Morgan fingerprint density at radius 3 is 2.90 bits per heavy atom. The van der Waals surface area contributed by atoms with Gasteiger partial charge in [-0.2, -0.15) is 0 Å². The highest BCUT2D eigenvalue weighted by Gasteiger charge is 2.30. The Labute approximate surface area is 121 Å². The molecule has 0 aliphatic heterocycles. The molecule has 3 N–H and O–H groups in total. The van der Waals surface area contributed by atoms with Gasteiger partial charge in [0.25, 0.3) is 5.91 Å². The molecule has 2 atom stereocenters. The third kappa shape index (κ3) is 3.19. The van der Waals surface area contributed by atoms with Crippen molar-refractivity contribution in [1.29, 1.82) is 0 Å². The second-order valence-corrected chi connectivity index (χ2v) is 6.81. The molecule has 6 heteroatoms. The van der Waals surface area contributed by atoms with Gasteiger partial charge < -0.3 is 15.5 Å². The minimum atomic E-state index is -1.94. The molecule has 0 spiro atoms. The van der Waals surface area contributed by atoms with E-state index < -0.39 is 11.6 Å². The Morgan fingerprint density at radius 2 is 2.25 bits per heavy atom. The lowest BCUT2D eigenvalue weighted by molar-refractivity contribution is -0.155. The third-order valence-corrected chi connectivity index (χ3v) is 4.84. The van der Waals surface area contributed by atoms with Crippen LogP contribution in [0.4, 0.5) is 0 Å². The fourth-order valence-electron chi connectivity index (χ4n) is 2.23. The molecule has 0 fully saturated rings. The maximum atomic E-state index is 12.0. The predicted molar refractivity (Wildman–Crippen MR) is 76.1 cm³/mol. The van der Waals surface area contributed by atoms with E-state index in [2.05, 4.69) is 12.2 Å². The van der Waals surface area contributed by atoms with Crippen LogP contribution in [0.1, 0.15) is 40.4 Å². The summed E-state index contributed by atoms with van der Waals surface area (Å²) in [6, 6.07) is 1.89. The van der Waals surface area contributed by atoms with Gasteiger partial charge in [0.05, 0.1) is 11.4 Å². The van der Waals surface area contributed by atoms with E-state index in [1.165, 1.54) is 21.8 Å². The number of aryl methyl sites for hydroxylation is 1. The smallest absolute Gasteiger partial charge is 0.337 e. The van der Waals surface area contributed by atoms with Crippen molar-refractivity contribution < 1.29 is 19.8 Å². The summed E-state index contributed by atoms with van der Waals surface area (Å²) >= 11 is 1.46. The number of carbonyl (C=O) groups is 2. The fraction of sp³-hybridized carbons (Fsp3) is 0.571. The molecular formula is C14H19NO4S. The van der Waals surface area contributed by atoms with Gasteiger partial charge in [-0.05, 0) is 43.7 Å². The lowest BCUT2D eigenvalue weighted by Gasteiger charge is -2.17. The normalized spacial score (nSPS) is 20.9. The van der Waals surface area contributed by atoms with Crippen molar-refractivity contribution in [2.75, 3.05) is 6.54 Å². The Morgan fingerprint density at radius 1 is 1.55 bits per heavy atom. The van der Waals surface area contributed by atoms with Crippen LogP contribution in [0.25, 0.3) is 0 Å². The first kappa shape index (κ1) is 15.0. The number of rotatable bonds is 4. The molecule has 2 rings (SSSR count). The van der Waals surface area contributed by atoms with E-state index in [9.17, 15) is 14.7 Å². The Bertz CT molecular complexity index is 535. The number of hydrogen-bond acceptors (Lipinski definition) is 4. The Balaban J connectivity index is 2.02. The van der Waals surface area contributed by atoms with E-state index in [-0.39, 0.29) is 12.5 Å². The molecule has 1 heterocycles. The van der Waals surface area contributed by atoms with Gasteiger partial charge in [-0.25, -0.2) is 4.79 Å². The van der Waals surface area contributed by atoms with Gasteiger partial charge in [-0.15, -0.1) is 11.3 Å². The lowest BCUT2D eigenvalue weighted by Crippen LogP contribution is -2.46. The summed E-state index contributed by atoms with van der Waals surface area (Å²) in [7, 11) is 0. The molecule has 20 heavy (non-hydrogen) atoms. The number of thiophene rings is 1. The van der Waals surface area contributed by atoms with Crippen LogP contribution in [-0.2, 0) is 17.6 Å². The third-order valence-electron chi connectivity index (χ3n) is 3.61. The fourth-order valence-corrected chi connectivity index (χ4v) is 3.36. The predicted octanol–water partition coefficient (Wildman–Crippen LogP) is 1.44. The van der Waals surface area contributed by atoms with Crippen LogP contribution >= 0.6 is 11.3 Å². The molecular weight excluding hydrogens is 278 g/mol. The summed E-state index contributed by atoms with van der Waals surface area (Å²) < 4.78 is 0. The first-order chi connectivity index (χ1) is 9.29. The summed E-state index contributed by atoms with van der Waals surface area (Å²) in [5.41, 5.74) is -0.718. The molecule has 2 unspecified atom stereocenters. The average Bonchev–Trinajstić information content (AvgIpc) is 2.78. The van der Waals surface area contributed by atoms with Crippen LogP contribution in [0.3, 0.4) is 0 Å². The topological polar surface area (TPSA) is 86.6 Å². The van der Waals surface area contributed by atoms with Gasteiger partial charge in [-0.1, -0.05) is 6.92 Å². The van der Waals surface area contributed by atoms with Gasteiger partial charge in [0.2, 0.25) is 0 Å². The first-order valence-corrected chi connectivity index (χ1v) is 7.47. The number of aliphatic hydroxyl groups is 1. The lowest BCUT2D eigenvalue weighted by atomic mass is 9.90. The van der Waals surface area contributed by atoms with Crippen LogP contribution in [-0.4, -0.2) is 34.2 Å². The second kappa shape index (κ2) is 5.54. The van der Waals surface area contributed by atoms with E-state index >= 15 is 0 Å². The van der Waals surface area contributed by atoms with E-state index in [0.29, 0.717) is 10.8 Å². The molecule has 1 aliphatic rings. The van der Waals surface area contributed by atoms with Gasteiger partial charge in [-0.3, -0.25) is 4.79 Å². The molecule has 0 radical (unpaired) electrons. The Hall–Kier alpha value is -1.40.